The van der Waals surface area contributed by atoms with Gasteiger partial charge < -0.3 is 5.32 Å². The standard InChI is InChI=1S/C22H22N4O2S2/c1-3-4-12-26-21(28)19-18(16-6-5-11-23-20(16)30-19)25-22(26)29-13-17(27)24-15-9-7-14(2)8-10-15/h5-11H,3-4,12-13H2,1-2H3,(H,24,27). The molecule has 0 bridgehead atoms. The van der Waals surface area contributed by atoms with Gasteiger partial charge in [-0.2, -0.15) is 0 Å². The zero-order valence-electron chi connectivity index (χ0n) is 16.8. The summed E-state index contributed by atoms with van der Waals surface area (Å²) in [4.78, 5) is 35.6. The minimum atomic E-state index is -0.128. The Morgan fingerprint density at radius 3 is 2.80 bits per heavy atom. The van der Waals surface area contributed by atoms with E-state index in [2.05, 4.69) is 17.2 Å². The largest absolute Gasteiger partial charge is 0.325 e. The zero-order chi connectivity index (χ0) is 21.1. The van der Waals surface area contributed by atoms with Crippen molar-refractivity contribution >= 4 is 55.1 Å². The topological polar surface area (TPSA) is 76.9 Å². The Morgan fingerprint density at radius 2 is 2.03 bits per heavy atom. The number of nitrogens with one attached hydrogen (secondary N) is 1. The summed E-state index contributed by atoms with van der Waals surface area (Å²) in [5.41, 5.74) is 2.50. The SMILES string of the molecule is CCCCn1c(SCC(=O)Nc2ccc(C)cc2)nc2c(sc3ncccc32)c1=O. The molecule has 0 saturated carbocycles. The molecule has 0 aliphatic carbocycles. The number of benzene rings is 1. The van der Waals surface area contributed by atoms with Crippen LogP contribution in [0.2, 0.25) is 0 Å². The molecule has 0 saturated heterocycles. The molecule has 0 atom stereocenters. The number of nitrogens with zero attached hydrogens (tertiary/aromatic N) is 3. The van der Waals surface area contributed by atoms with Crippen molar-refractivity contribution in [2.75, 3.05) is 11.1 Å². The molecule has 6 nitrogen and oxygen atoms in total. The maximum absolute atomic E-state index is 13.2. The molecule has 0 aliphatic rings. The van der Waals surface area contributed by atoms with E-state index in [9.17, 15) is 9.59 Å². The van der Waals surface area contributed by atoms with E-state index >= 15 is 0 Å². The minimum absolute atomic E-state index is 0.0575. The molecule has 1 aromatic carbocycles. The van der Waals surface area contributed by atoms with Crippen LogP contribution in [0.5, 0.6) is 0 Å². The van der Waals surface area contributed by atoms with E-state index < -0.39 is 0 Å². The smallest absolute Gasteiger partial charge is 0.272 e. The van der Waals surface area contributed by atoms with E-state index in [1.807, 2.05) is 43.3 Å². The second-order valence-corrected chi connectivity index (χ2v) is 8.99. The van der Waals surface area contributed by atoms with E-state index in [0.717, 1.165) is 34.3 Å². The fourth-order valence-electron chi connectivity index (χ4n) is 3.13. The third kappa shape index (κ3) is 4.24. The number of carbonyl (C=O) groups excluding carboxylic acids is 1. The van der Waals surface area contributed by atoms with Crippen LogP contribution in [0.4, 0.5) is 5.69 Å². The number of amides is 1. The van der Waals surface area contributed by atoms with Crippen molar-refractivity contribution in [2.45, 2.75) is 38.4 Å². The van der Waals surface area contributed by atoms with E-state index in [4.69, 9.17) is 4.98 Å². The zero-order valence-corrected chi connectivity index (χ0v) is 18.5. The van der Waals surface area contributed by atoms with Crippen LogP contribution in [0.25, 0.3) is 20.4 Å². The third-order valence-electron chi connectivity index (χ3n) is 4.72. The van der Waals surface area contributed by atoms with Crippen LogP contribution in [-0.4, -0.2) is 26.2 Å². The first-order valence-corrected chi connectivity index (χ1v) is 11.6. The van der Waals surface area contributed by atoms with Crippen molar-refractivity contribution in [3.05, 3.63) is 58.5 Å². The Bertz CT molecular complexity index is 1260. The van der Waals surface area contributed by atoms with E-state index in [1.165, 1.54) is 23.1 Å². The highest BCUT2D eigenvalue weighted by Gasteiger charge is 2.17. The maximum Gasteiger partial charge on any atom is 0.272 e. The average Bonchev–Trinajstić information content (AvgIpc) is 3.12. The summed E-state index contributed by atoms with van der Waals surface area (Å²) in [6.07, 6.45) is 3.56. The number of aryl methyl sites for hydroxylation is 1. The summed E-state index contributed by atoms with van der Waals surface area (Å²) < 4.78 is 2.32. The molecule has 0 unspecified atom stereocenters. The number of rotatable bonds is 7. The Balaban J connectivity index is 1.64. The fourth-order valence-corrected chi connectivity index (χ4v) is 4.98. The lowest BCUT2D eigenvalue weighted by Crippen LogP contribution is -2.23. The average molecular weight is 439 g/mol. The van der Waals surface area contributed by atoms with Gasteiger partial charge in [-0.25, -0.2) is 9.97 Å². The van der Waals surface area contributed by atoms with Gasteiger partial charge in [0.2, 0.25) is 5.91 Å². The Hall–Kier alpha value is -2.71. The molecule has 0 fully saturated rings. The molecule has 4 rings (SSSR count). The van der Waals surface area contributed by atoms with Crippen LogP contribution in [-0.2, 0) is 11.3 Å². The number of anilines is 1. The summed E-state index contributed by atoms with van der Waals surface area (Å²) in [6.45, 7) is 4.67. The molecule has 0 radical (unpaired) electrons. The van der Waals surface area contributed by atoms with Crippen molar-refractivity contribution < 1.29 is 4.79 Å². The monoisotopic (exact) mass is 438 g/mol. The van der Waals surface area contributed by atoms with Crippen LogP contribution in [0.3, 0.4) is 0 Å². The molecule has 30 heavy (non-hydrogen) atoms. The molecule has 1 amide bonds. The van der Waals surface area contributed by atoms with Crippen molar-refractivity contribution in [3.63, 3.8) is 0 Å². The van der Waals surface area contributed by atoms with E-state index in [1.54, 1.807) is 10.8 Å². The molecule has 0 aliphatic heterocycles. The highest BCUT2D eigenvalue weighted by molar-refractivity contribution is 7.99. The molecule has 3 aromatic heterocycles. The van der Waals surface area contributed by atoms with Gasteiger partial charge >= 0.3 is 0 Å². The number of unbranched alkanes of at least 4 members (excludes halogenated alkanes) is 1. The maximum atomic E-state index is 13.2. The van der Waals surface area contributed by atoms with Crippen LogP contribution < -0.4 is 10.9 Å². The fraction of sp³-hybridized carbons (Fsp3) is 0.273. The van der Waals surface area contributed by atoms with Crippen molar-refractivity contribution in [1.82, 2.24) is 14.5 Å². The number of aromatic nitrogens is 3. The van der Waals surface area contributed by atoms with Gasteiger partial charge in [-0.05, 0) is 37.6 Å². The van der Waals surface area contributed by atoms with Crippen molar-refractivity contribution in [1.29, 1.82) is 0 Å². The molecule has 4 aromatic rings. The molecule has 1 N–H and O–H groups in total. The van der Waals surface area contributed by atoms with Gasteiger partial charge in [0, 0.05) is 23.8 Å². The first-order chi connectivity index (χ1) is 14.6. The number of thiophene rings is 1. The summed E-state index contributed by atoms with van der Waals surface area (Å²) in [5, 5.41) is 4.35. The molecule has 0 spiro atoms. The highest BCUT2D eigenvalue weighted by Crippen LogP contribution is 2.30. The Morgan fingerprint density at radius 1 is 1.23 bits per heavy atom. The van der Waals surface area contributed by atoms with E-state index in [-0.39, 0.29) is 17.2 Å². The van der Waals surface area contributed by atoms with Gasteiger partial charge in [-0.15, -0.1) is 11.3 Å². The first-order valence-electron chi connectivity index (χ1n) is 9.84. The second kappa shape index (κ2) is 8.97. The normalized spacial score (nSPS) is 11.3. The quantitative estimate of drug-likeness (QED) is 0.330. The van der Waals surface area contributed by atoms with Gasteiger partial charge in [0.1, 0.15) is 9.53 Å². The van der Waals surface area contributed by atoms with Gasteiger partial charge in [-0.1, -0.05) is 42.8 Å². The highest BCUT2D eigenvalue weighted by atomic mass is 32.2. The van der Waals surface area contributed by atoms with Crippen molar-refractivity contribution in [3.8, 4) is 0 Å². The number of hydrogen-bond acceptors (Lipinski definition) is 6. The lowest BCUT2D eigenvalue weighted by Gasteiger charge is -2.11. The van der Waals surface area contributed by atoms with Crippen molar-refractivity contribution in [2.24, 2.45) is 0 Å². The molecule has 3 heterocycles. The van der Waals surface area contributed by atoms with Crippen LogP contribution in [0.15, 0.2) is 52.5 Å². The lowest BCUT2D eigenvalue weighted by atomic mass is 10.2. The van der Waals surface area contributed by atoms with Crippen LogP contribution in [0, 0.1) is 6.92 Å². The first kappa shape index (κ1) is 20.6. The van der Waals surface area contributed by atoms with Crippen LogP contribution >= 0.6 is 23.1 Å². The third-order valence-corrected chi connectivity index (χ3v) is 6.79. The van der Waals surface area contributed by atoms with E-state index in [0.29, 0.717) is 21.9 Å². The molecular weight excluding hydrogens is 416 g/mol. The van der Waals surface area contributed by atoms with Gasteiger partial charge in [0.15, 0.2) is 5.16 Å². The molecular formula is C22H22N4O2S2. The summed E-state index contributed by atoms with van der Waals surface area (Å²) in [7, 11) is 0. The number of fused-ring (bicyclic) bond motifs is 3. The number of hydrogen-bond donors (Lipinski definition) is 1. The predicted molar refractivity (Wildman–Crippen MR) is 125 cm³/mol. The Labute approximate surface area is 182 Å². The second-order valence-electron chi connectivity index (χ2n) is 7.04. The summed E-state index contributed by atoms with van der Waals surface area (Å²) >= 11 is 2.67. The minimum Gasteiger partial charge on any atom is -0.325 e. The van der Waals surface area contributed by atoms with Gasteiger partial charge in [0.05, 0.1) is 11.3 Å². The number of thioether (sulfide) groups is 1. The summed E-state index contributed by atoms with van der Waals surface area (Å²) in [5.74, 6) is 0.0511. The number of carbonyl (C=O) groups is 1. The molecule has 8 heteroatoms. The summed E-state index contributed by atoms with van der Waals surface area (Å²) in [6, 6.07) is 11.4. The lowest BCUT2D eigenvalue weighted by molar-refractivity contribution is -0.113. The van der Waals surface area contributed by atoms with Crippen LogP contribution in [0.1, 0.15) is 25.3 Å². The van der Waals surface area contributed by atoms with Gasteiger partial charge in [0.25, 0.3) is 5.56 Å². The Kier molecular flexibility index (Phi) is 6.15. The molecule has 154 valence electrons. The van der Waals surface area contributed by atoms with Gasteiger partial charge in [-0.3, -0.25) is 14.2 Å². The number of pyridine rings is 1. The predicted octanol–water partition coefficient (Wildman–Crippen LogP) is 4.85.